The molecular weight excluding hydrogens is 404 g/mol. The summed E-state index contributed by atoms with van der Waals surface area (Å²) in [5, 5.41) is 21.5. The SMILES string of the molecule is O=C(CCSSc1ccccn1)c1c(S(=O)(=O)O)ccc(O)c1[N+](=O)[O-]. The highest BCUT2D eigenvalue weighted by Gasteiger charge is 2.32. The molecule has 0 aliphatic rings. The average Bonchev–Trinajstić information content (AvgIpc) is 2.57. The lowest BCUT2D eigenvalue weighted by Crippen LogP contribution is -2.12. The van der Waals surface area contributed by atoms with Crippen LogP contribution in [0.5, 0.6) is 5.75 Å². The van der Waals surface area contributed by atoms with Gasteiger partial charge < -0.3 is 5.11 Å². The Morgan fingerprint density at radius 2 is 2.00 bits per heavy atom. The number of nitro benzene ring substituents is 1. The van der Waals surface area contributed by atoms with E-state index in [1.54, 1.807) is 24.4 Å². The van der Waals surface area contributed by atoms with Crippen LogP contribution in [0.1, 0.15) is 16.8 Å². The molecule has 12 heteroatoms. The molecule has 0 bridgehead atoms. The first kappa shape index (κ1) is 20.2. The van der Waals surface area contributed by atoms with E-state index in [1.165, 1.54) is 21.6 Å². The van der Waals surface area contributed by atoms with Crippen molar-refractivity contribution in [3.05, 3.63) is 52.2 Å². The minimum absolute atomic E-state index is 0.206. The number of ketones is 1. The van der Waals surface area contributed by atoms with E-state index in [2.05, 4.69) is 4.98 Å². The molecule has 2 N–H and O–H groups in total. The van der Waals surface area contributed by atoms with E-state index in [-0.39, 0.29) is 12.2 Å². The Labute approximate surface area is 156 Å². The minimum atomic E-state index is -4.88. The first-order chi connectivity index (χ1) is 12.2. The largest absolute Gasteiger partial charge is 0.502 e. The average molecular weight is 416 g/mol. The number of pyridine rings is 1. The fraction of sp³-hybridized carbons (Fsp3) is 0.143. The maximum absolute atomic E-state index is 12.4. The molecule has 0 unspecified atom stereocenters. The zero-order valence-electron chi connectivity index (χ0n) is 12.9. The highest BCUT2D eigenvalue weighted by atomic mass is 33.1. The van der Waals surface area contributed by atoms with E-state index in [9.17, 15) is 33.0 Å². The van der Waals surface area contributed by atoms with Crippen molar-refractivity contribution >= 4 is 43.2 Å². The van der Waals surface area contributed by atoms with Gasteiger partial charge in [0.25, 0.3) is 10.1 Å². The molecule has 0 spiro atoms. The summed E-state index contributed by atoms with van der Waals surface area (Å²) in [6, 6.07) is 6.78. The molecule has 0 aliphatic carbocycles. The number of carbonyl (C=O) groups is 1. The Kier molecular flexibility index (Phi) is 6.58. The zero-order valence-corrected chi connectivity index (χ0v) is 15.4. The summed E-state index contributed by atoms with van der Waals surface area (Å²) >= 11 is 0. The highest BCUT2D eigenvalue weighted by molar-refractivity contribution is 8.76. The van der Waals surface area contributed by atoms with Crippen molar-refractivity contribution in [2.75, 3.05) is 5.75 Å². The van der Waals surface area contributed by atoms with Crippen LogP contribution in [0.25, 0.3) is 0 Å². The van der Waals surface area contributed by atoms with Crippen LogP contribution in [0.4, 0.5) is 5.69 Å². The van der Waals surface area contributed by atoms with Gasteiger partial charge in [0.05, 0.1) is 4.92 Å². The first-order valence-corrected chi connectivity index (χ1v) is 10.7. The van der Waals surface area contributed by atoms with E-state index in [0.717, 1.165) is 12.1 Å². The minimum Gasteiger partial charge on any atom is -0.502 e. The van der Waals surface area contributed by atoms with Gasteiger partial charge in [-0.15, -0.1) is 0 Å². The van der Waals surface area contributed by atoms with Gasteiger partial charge in [-0.2, -0.15) is 8.42 Å². The lowest BCUT2D eigenvalue weighted by molar-refractivity contribution is -0.386. The number of hydrogen-bond donors (Lipinski definition) is 2. The number of benzene rings is 1. The third-order valence-corrected chi connectivity index (χ3v) is 6.21. The number of nitro groups is 1. The lowest BCUT2D eigenvalue weighted by atomic mass is 10.1. The third-order valence-electron chi connectivity index (χ3n) is 3.05. The Morgan fingerprint density at radius 3 is 2.58 bits per heavy atom. The summed E-state index contributed by atoms with van der Waals surface area (Å²) in [4.78, 5) is 25.6. The van der Waals surface area contributed by atoms with Gasteiger partial charge in [-0.05, 0) is 35.1 Å². The number of aromatic nitrogens is 1. The van der Waals surface area contributed by atoms with Crippen molar-refractivity contribution in [2.45, 2.75) is 16.3 Å². The molecule has 1 aromatic carbocycles. The first-order valence-electron chi connectivity index (χ1n) is 6.93. The van der Waals surface area contributed by atoms with E-state index >= 15 is 0 Å². The smallest absolute Gasteiger partial charge is 0.322 e. The number of hydrogen-bond acceptors (Lipinski definition) is 9. The maximum atomic E-state index is 12.4. The number of rotatable bonds is 8. The summed E-state index contributed by atoms with van der Waals surface area (Å²) in [5.74, 6) is -1.53. The molecule has 2 rings (SSSR count). The molecule has 0 atom stereocenters. The van der Waals surface area contributed by atoms with Gasteiger partial charge in [-0.25, -0.2) is 4.98 Å². The molecule has 1 heterocycles. The van der Waals surface area contributed by atoms with Crippen molar-refractivity contribution in [3.8, 4) is 5.75 Å². The van der Waals surface area contributed by atoms with Crippen LogP contribution < -0.4 is 0 Å². The van der Waals surface area contributed by atoms with Gasteiger partial charge in [-0.1, -0.05) is 16.9 Å². The van der Waals surface area contributed by atoms with Crippen molar-refractivity contribution in [3.63, 3.8) is 0 Å². The van der Waals surface area contributed by atoms with Gasteiger partial charge in [-0.3, -0.25) is 19.5 Å². The quantitative estimate of drug-likeness (QED) is 0.164. The standard InChI is InChI=1S/C14H12N2O7S3/c17-9(6-8-24-25-12-3-1-2-7-15-12)13-11(26(21,22)23)5-4-10(18)14(13)16(19)20/h1-5,7,18H,6,8H2,(H,21,22,23). The summed E-state index contributed by atoms with van der Waals surface area (Å²) in [7, 11) is -2.35. The predicted molar refractivity (Wildman–Crippen MR) is 96.1 cm³/mol. The van der Waals surface area contributed by atoms with Crippen molar-refractivity contribution in [1.29, 1.82) is 0 Å². The van der Waals surface area contributed by atoms with E-state index in [1.807, 2.05) is 0 Å². The van der Waals surface area contributed by atoms with Crippen LogP contribution in [-0.2, 0) is 10.1 Å². The van der Waals surface area contributed by atoms with Crippen LogP contribution in [-0.4, -0.2) is 39.5 Å². The van der Waals surface area contributed by atoms with Gasteiger partial charge in [0.1, 0.15) is 15.5 Å². The topological polar surface area (TPSA) is 148 Å². The number of Topliss-reactive ketones (excluding diaryl/α,β-unsaturated/α-hetero) is 1. The van der Waals surface area contributed by atoms with Gasteiger partial charge >= 0.3 is 5.69 Å². The number of nitrogens with zero attached hydrogens (tertiary/aromatic N) is 2. The normalized spacial score (nSPS) is 11.3. The van der Waals surface area contributed by atoms with Crippen molar-refractivity contribution < 1.29 is 27.8 Å². The van der Waals surface area contributed by atoms with Crippen LogP contribution in [0.15, 0.2) is 46.5 Å². The van der Waals surface area contributed by atoms with Crippen LogP contribution >= 0.6 is 21.6 Å². The second-order valence-corrected chi connectivity index (χ2v) is 8.61. The second kappa shape index (κ2) is 8.49. The van der Waals surface area contributed by atoms with Crippen LogP contribution in [0.2, 0.25) is 0 Å². The number of phenols is 1. The van der Waals surface area contributed by atoms with Crippen molar-refractivity contribution in [1.82, 2.24) is 4.98 Å². The highest BCUT2D eigenvalue weighted by Crippen LogP contribution is 2.36. The molecule has 138 valence electrons. The molecule has 0 aliphatic heterocycles. The van der Waals surface area contributed by atoms with Gasteiger partial charge in [0.15, 0.2) is 11.5 Å². The fourth-order valence-electron chi connectivity index (χ4n) is 1.99. The lowest BCUT2D eigenvalue weighted by Gasteiger charge is -2.08. The molecule has 9 nitrogen and oxygen atoms in total. The van der Waals surface area contributed by atoms with E-state index < -0.39 is 42.7 Å². The Bertz CT molecular complexity index is 933. The Hall–Kier alpha value is -2.15. The van der Waals surface area contributed by atoms with E-state index in [0.29, 0.717) is 5.03 Å². The molecule has 26 heavy (non-hydrogen) atoms. The summed E-state index contributed by atoms with van der Waals surface area (Å²) in [6.07, 6.45) is 1.36. The molecule has 0 amide bonds. The molecule has 0 radical (unpaired) electrons. The maximum Gasteiger partial charge on any atom is 0.322 e. The monoisotopic (exact) mass is 416 g/mol. The van der Waals surface area contributed by atoms with Gasteiger partial charge in [0, 0.05) is 18.4 Å². The van der Waals surface area contributed by atoms with Crippen LogP contribution in [0.3, 0.4) is 0 Å². The molecule has 0 fully saturated rings. The second-order valence-electron chi connectivity index (χ2n) is 4.79. The fourth-order valence-corrected chi connectivity index (χ4v) is 4.57. The van der Waals surface area contributed by atoms with Crippen LogP contribution in [0, 0.1) is 10.1 Å². The number of aromatic hydroxyl groups is 1. The number of phenolic OH excluding ortho intramolecular Hbond substituents is 1. The molecule has 0 saturated carbocycles. The van der Waals surface area contributed by atoms with Gasteiger partial charge in [0.2, 0.25) is 0 Å². The number of carbonyl (C=O) groups excluding carboxylic acids is 1. The zero-order chi connectivity index (χ0) is 19.3. The third kappa shape index (κ3) is 4.94. The van der Waals surface area contributed by atoms with Crippen molar-refractivity contribution in [2.24, 2.45) is 0 Å². The summed E-state index contributed by atoms with van der Waals surface area (Å²) in [5.41, 5.74) is -1.88. The molecular formula is C14H12N2O7S3. The summed E-state index contributed by atoms with van der Waals surface area (Å²) in [6.45, 7) is 0. The molecule has 2 aromatic rings. The van der Waals surface area contributed by atoms with E-state index in [4.69, 9.17) is 0 Å². The summed E-state index contributed by atoms with van der Waals surface area (Å²) < 4.78 is 32.1. The molecule has 1 aromatic heterocycles. The Balaban J connectivity index is 2.21. The molecule has 0 saturated heterocycles. The predicted octanol–water partition coefficient (Wildman–Crippen LogP) is 2.96. The Morgan fingerprint density at radius 1 is 1.27 bits per heavy atom.